The monoisotopic (exact) mass is 331 g/mol. The van der Waals surface area contributed by atoms with Crippen LogP contribution in [0.2, 0.25) is 5.02 Å². The van der Waals surface area contributed by atoms with Gasteiger partial charge in [0.2, 0.25) is 5.88 Å². The standard InChI is InChI=1S/C17H18ClN3O2/c1-10(12-7-15(18)17(23-2)20-9-12)21-13-4-3-11-5-6-19-16(22)14(11)8-13/h3-4,7-10,21H,5-6H2,1-2H3,(H,19,22). The van der Waals surface area contributed by atoms with E-state index in [1.807, 2.05) is 31.2 Å². The molecule has 2 N–H and O–H groups in total. The van der Waals surface area contributed by atoms with E-state index in [1.54, 1.807) is 6.20 Å². The number of hydrogen-bond acceptors (Lipinski definition) is 4. The van der Waals surface area contributed by atoms with E-state index in [0.717, 1.165) is 28.8 Å². The number of carbonyl (C=O) groups excluding carboxylic acids is 1. The summed E-state index contributed by atoms with van der Waals surface area (Å²) in [7, 11) is 1.54. The molecule has 120 valence electrons. The van der Waals surface area contributed by atoms with E-state index in [9.17, 15) is 4.79 Å². The van der Waals surface area contributed by atoms with Gasteiger partial charge < -0.3 is 15.4 Å². The van der Waals surface area contributed by atoms with Crippen molar-refractivity contribution in [3.8, 4) is 5.88 Å². The Kier molecular flexibility index (Phi) is 4.39. The van der Waals surface area contributed by atoms with E-state index in [0.29, 0.717) is 17.4 Å². The number of anilines is 1. The van der Waals surface area contributed by atoms with Gasteiger partial charge in [0, 0.05) is 24.0 Å². The van der Waals surface area contributed by atoms with Gasteiger partial charge in [0.1, 0.15) is 5.02 Å². The number of benzene rings is 1. The van der Waals surface area contributed by atoms with Crippen LogP contribution in [-0.2, 0) is 6.42 Å². The summed E-state index contributed by atoms with van der Waals surface area (Å²) in [4.78, 5) is 16.1. The zero-order chi connectivity index (χ0) is 16.4. The van der Waals surface area contributed by atoms with Gasteiger partial charge in [0.25, 0.3) is 5.91 Å². The van der Waals surface area contributed by atoms with Crippen LogP contribution in [0.1, 0.15) is 34.5 Å². The maximum absolute atomic E-state index is 11.9. The largest absolute Gasteiger partial charge is 0.480 e. The van der Waals surface area contributed by atoms with Crippen LogP contribution in [0.25, 0.3) is 0 Å². The second-order valence-corrected chi connectivity index (χ2v) is 5.91. The van der Waals surface area contributed by atoms with Gasteiger partial charge >= 0.3 is 0 Å². The van der Waals surface area contributed by atoms with E-state index in [1.165, 1.54) is 7.11 Å². The van der Waals surface area contributed by atoms with Crippen molar-refractivity contribution in [3.05, 3.63) is 52.2 Å². The van der Waals surface area contributed by atoms with E-state index in [-0.39, 0.29) is 11.9 Å². The number of aromatic nitrogens is 1. The molecular weight excluding hydrogens is 314 g/mol. The zero-order valence-corrected chi connectivity index (χ0v) is 13.8. The maximum atomic E-state index is 11.9. The van der Waals surface area contributed by atoms with E-state index in [2.05, 4.69) is 15.6 Å². The third kappa shape index (κ3) is 3.24. The quantitative estimate of drug-likeness (QED) is 0.903. The predicted octanol–water partition coefficient (Wildman–Crippen LogP) is 3.20. The Morgan fingerprint density at radius 2 is 2.22 bits per heavy atom. The third-order valence-electron chi connectivity index (χ3n) is 3.94. The number of methoxy groups -OCH3 is 1. The number of amides is 1. The molecule has 2 aromatic rings. The number of nitrogens with zero attached hydrogens (tertiary/aromatic N) is 1. The molecular formula is C17H18ClN3O2. The number of pyridine rings is 1. The minimum Gasteiger partial charge on any atom is -0.480 e. The number of carbonyl (C=O) groups is 1. The Bertz CT molecular complexity index is 749. The smallest absolute Gasteiger partial charge is 0.251 e. The van der Waals surface area contributed by atoms with Gasteiger partial charge in [-0.3, -0.25) is 4.79 Å². The SMILES string of the molecule is COc1ncc(C(C)Nc2ccc3c(c2)C(=O)NCC3)cc1Cl. The molecule has 23 heavy (non-hydrogen) atoms. The van der Waals surface area contributed by atoms with Gasteiger partial charge in [-0.1, -0.05) is 17.7 Å². The van der Waals surface area contributed by atoms with E-state index in [4.69, 9.17) is 16.3 Å². The van der Waals surface area contributed by atoms with Crippen molar-refractivity contribution in [2.75, 3.05) is 19.0 Å². The second kappa shape index (κ2) is 6.46. The van der Waals surface area contributed by atoms with Crippen LogP contribution < -0.4 is 15.4 Å². The van der Waals surface area contributed by atoms with Crippen LogP contribution in [0, 0.1) is 0 Å². The number of rotatable bonds is 4. The highest BCUT2D eigenvalue weighted by Gasteiger charge is 2.17. The van der Waals surface area contributed by atoms with Gasteiger partial charge in [-0.05, 0) is 42.7 Å². The molecule has 1 aromatic heterocycles. The first-order chi connectivity index (χ1) is 11.1. The third-order valence-corrected chi connectivity index (χ3v) is 4.21. The van der Waals surface area contributed by atoms with Crippen molar-refractivity contribution >= 4 is 23.2 Å². The zero-order valence-electron chi connectivity index (χ0n) is 13.0. The molecule has 0 spiro atoms. The van der Waals surface area contributed by atoms with Crippen LogP contribution >= 0.6 is 11.6 Å². The fourth-order valence-corrected chi connectivity index (χ4v) is 2.91. The average molecular weight is 332 g/mol. The van der Waals surface area contributed by atoms with Crippen molar-refractivity contribution in [2.24, 2.45) is 0 Å². The fraction of sp³-hybridized carbons (Fsp3) is 0.294. The molecule has 2 heterocycles. The summed E-state index contributed by atoms with van der Waals surface area (Å²) >= 11 is 6.12. The van der Waals surface area contributed by atoms with Crippen molar-refractivity contribution in [1.29, 1.82) is 0 Å². The molecule has 3 rings (SSSR count). The summed E-state index contributed by atoms with van der Waals surface area (Å²) in [5.74, 6) is 0.393. The van der Waals surface area contributed by atoms with Gasteiger partial charge in [0.15, 0.2) is 0 Å². The number of fused-ring (bicyclic) bond motifs is 1. The molecule has 0 bridgehead atoms. The maximum Gasteiger partial charge on any atom is 0.251 e. The van der Waals surface area contributed by atoms with Crippen LogP contribution in [0.15, 0.2) is 30.5 Å². The minimum absolute atomic E-state index is 0.00407. The predicted molar refractivity (Wildman–Crippen MR) is 90.3 cm³/mol. The van der Waals surface area contributed by atoms with Gasteiger partial charge in [0.05, 0.1) is 13.2 Å². The lowest BCUT2D eigenvalue weighted by molar-refractivity contribution is 0.0946. The summed E-state index contributed by atoms with van der Waals surface area (Å²) in [6, 6.07) is 7.71. The summed E-state index contributed by atoms with van der Waals surface area (Å²) < 4.78 is 5.06. The van der Waals surface area contributed by atoms with Gasteiger partial charge in [-0.15, -0.1) is 0 Å². The van der Waals surface area contributed by atoms with Crippen molar-refractivity contribution in [3.63, 3.8) is 0 Å². The summed E-state index contributed by atoms with van der Waals surface area (Å²) in [5.41, 5.74) is 3.65. The molecule has 1 unspecified atom stereocenters. The number of hydrogen-bond donors (Lipinski definition) is 2. The van der Waals surface area contributed by atoms with Crippen molar-refractivity contribution in [2.45, 2.75) is 19.4 Å². The highest BCUT2D eigenvalue weighted by atomic mass is 35.5. The highest BCUT2D eigenvalue weighted by molar-refractivity contribution is 6.31. The Balaban J connectivity index is 1.80. The first kappa shape index (κ1) is 15.6. The lowest BCUT2D eigenvalue weighted by Gasteiger charge is -2.20. The molecule has 1 aromatic carbocycles. The first-order valence-electron chi connectivity index (χ1n) is 7.45. The van der Waals surface area contributed by atoms with Crippen molar-refractivity contribution < 1.29 is 9.53 Å². The summed E-state index contributed by atoms with van der Waals surface area (Å²) in [5, 5.41) is 6.71. The Labute approximate surface area is 140 Å². The Hall–Kier alpha value is -2.27. The lowest BCUT2D eigenvalue weighted by Crippen LogP contribution is -2.31. The highest BCUT2D eigenvalue weighted by Crippen LogP contribution is 2.27. The number of halogens is 1. The van der Waals surface area contributed by atoms with E-state index >= 15 is 0 Å². The normalized spacial score (nSPS) is 14.7. The molecule has 1 aliphatic rings. The van der Waals surface area contributed by atoms with Gasteiger partial charge in [-0.25, -0.2) is 4.98 Å². The molecule has 6 heteroatoms. The lowest BCUT2D eigenvalue weighted by atomic mass is 9.99. The fourth-order valence-electron chi connectivity index (χ4n) is 2.66. The Morgan fingerprint density at radius 3 is 2.96 bits per heavy atom. The van der Waals surface area contributed by atoms with E-state index < -0.39 is 0 Å². The number of nitrogens with one attached hydrogen (secondary N) is 2. The molecule has 0 saturated heterocycles. The van der Waals surface area contributed by atoms with Crippen LogP contribution in [-0.4, -0.2) is 24.5 Å². The minimum atomic E-state index is -0.0169. The van der Waals surface area contributed by atoms with Crippen LogP contribution in [0.5, 0.6) is 5.88 Å². The van der Waals surface area contributed by atoms with Crippen LogP contribution in [0.3, 0.4) is 0 Å². The first-order valence-corrected chi connectivity index (χ1v) is 7.83. The molecule has 1 aliphatic heterocycles. The molecule has 0 fully saturated rings. The van der Waals surface area contributed by atoms with Gasteiger partial charge in [-0.2, -0.15) is 0 Å². The van der Waals surface area contributed by atoms with Crippen molar-refractivity contribution in [1.82, 2.24) is 10.3 Å². The summed E-state index contributed by atoms with van der Waals surface area (Å²) in [6.45, 7) is 2.71. The molecule has 5 nitrogen and oxygen atoms in total. The molecule has 0 saturated carbocycles. The summed E-state index contributed by atoms with van der Waals surface area (Å²) in [6.07, 6.45) is 2.60. The average Bonchev–Trinajstić information content (AvgIpc) is 2.55. The molecule has 1 atom stereocenters. The Morgan fingerprint density at radius 1 is 1.39 bits per heavy atom. The molecule has 1 amide bonds. The molecule has 0 radical (unpaired) electrons. The molecule has 0 aliphatic carbocycles. The second-order valence-electron chi connectivity index (χ2n) is 5.50. The topological polar surface area (TPSA) is 63.2 Å². The van der Waals surface area contributed by atoms with Crippen LogP contribution in [0.4, 0.5) is 5.69 Å². The number of ether oxygens (including phenoxy) is 1.